The fourth-order valence-electron chi connectivity index (χ4n) is 1.29. The third-order valence-corrected chi connectivity index (χ3v) is 3.04. The Labute approximate surface area is 94.2 Å². The molecule has 1 N–H and O–H groups in total. The molecule has 1 aromatic heterocycles. The molecule has 0 saturated carbocycles. The van der Waals surface area contributed by atoms with Gasteiger partial charge in [0.2, 0.25) is 0 Å². The minimum absolute atomic E-state index is 0.348. The van der Waals surface area contributed by atoms with Crippen LogP contribution in [0.1, 0.15) is 31.5 Å². The molecule has 0 spiro atoms. The van der Waals surface area contributed by atoms with Crippen LogP contribution in [0, 0.1) is 11.8 Å². The molecule has 1 rings (SSSR count). The highest BCUT2D eigenvalue weighted by Gasteiger charge is 2.13. The summed E-state index contributed by atoms with van der Waals surface area (Å²) in [4.78, 5) is 15.1. The molecule has 0 aliphatic heterocycles. The first-order valence-electron chi connectivity index (χ1n) is 5.15. The number of carbonyl (C=O) groups is 1. The summed E-state index contributed by atoms with van der Waals surface area (Å²) in [5.74, 6) is -0.506. The Hall–Kier alpha value is -0.900. The Kier molecular flexibility index (Phi) is 4.27. The summed E-state index contributed by atoms with van der Waals surface area (Å²) in [6, 6.07) is 0. The second kappa shape index (κ2) is 5.26. The lowest BCUT2D eigenvalue weighted by molar-refractivity contribution is -0.141. The van der Waals surface area contributed by atoms with Gasteiger partial charge in [0.1, 0.15) is 0 Å². The molecule has 0 fully saturated rings. The first-order valence-corrected chi connectivity index (χ1v) is 6.03. The third kappa shape index (κ3) is 4.00. The highest BCUT2D eigenvalue weighted by molar-refractivity contribution is 7.09. The van der Waals surface area contributed by atoms with Gasteiger partial charge in [-0.05, 0) is 5.92 Å². The molecule has 1 atom stereocenters. The van der Waals surface area contributed by atoms with Crippen LogP contribution < -0.4 is 0 Å². The number of aromatic nitrogens is 1. The number of hydrogen-bond acceptors (Lipinski definition) is 3. The molecule has 0 aliphatic rings. The molecule has 0 aromatic carbocycles. The summed E-state index contributed by atoms with van der Waals surface area (Å²) in [6.45, 7) is 6.02. The Balaban J connectivity index is 2.56. The number of nitrogens with zero attached hydrogens (tertiary/aromatic N) is 1. The normalized spacial score (nSPS) is 13.1. The molecular weight excluding hydrogens is 210 g/mol. The highest BCUT2D eigenvalue weighted by atomic mass is 32.1. The van der Waals surface area contributed by atoms with Crippen LogP contribution in [-0.4, -0.2) is 16.1 Å². The monoisotopic (exact) mass is 227 g/mol. The van der Waals surface area contributed by atoms with Crippen molar-refractivity contribution in [2.24, 2.45) is 11.8 Å². The van der Waals surface area contributed by atoms with Crippen LogP contribution in [0.5, 0.6) is 0 Å². The molecular formula is C11H17NO2S. The van der Waals surface area contributed by atoms with E-state index in [1.807, 2.05) is 5.38 Å². The smallest absolute Gasteiger partial charge is 0.306 e. The quantitative estimate of drug-likeness (QED) is 0.841. The minimum atomic E-state index is -0.756. The molecule has 1 unspecified atom stereocenters. The van der Waals surface area contributed by atoms with Gasteiger partial charge in [0, 0.05) is 18.2 Å². The number of thiazole rings is 1. The maximum absolute atomic E-state index is 10.7. The van der Waals surface area contributed by atoms with Gasteiger partial charge < -0.3 is 5.11 Å². The molecule has 1 heterocycles. The zero-order valence-electron chi connectivity index (χ0n) is 9.36. The van der Waals surface area contributed by atoms with E-state index in [1.165, 1.54) is 0 Å². The maximum Gasteiger partial charge on any atom is 0.306 e. The molecule has 4 heteroatoms. The Morgan fingerprint density at radius 1 is 1.47 bits per heavy atom. The van der Waals surface area contributed by atoms with Crippen molar-refractivity contribution in [2.45, 2.75) is 33.6 Å². The van der Waals surface area contributed by atoms with E-state index in [0.29, 0.717) is 12.3 Å². The predicted molar refractivity (Wildman–Crippen MR) is 61.2 cm³/mol. The number of aliphatic carboxylic acids is 1. The minimum Gasteiger partial charge on any atom is -0.481 e. The van der Waals surface area contributed by atoms with Crippen LogP contribution in [0.2, 0.25) is 0 Å². The van der Waals surface area contributed by atoms with Crippen LogP contribution >= 0.6 is 11.3 Å². The maximum atomic E-state index is 10.7. The van der Waals surface area contributed by atoms with Gasteiger partial charge in [0.15, 0.2) is 0 Å². The second-order valence-electron chi connectivity index (χ2n) is 4.27. The largest absolute Gasteiger partial charge is 0.481 e. The molecule has 84 valence electrons. The van der Waals surface area contributed by atoms with Crippen molar-refractivity contribution in [1.29, 1.82) is 0 Å². The Morgan fingerprint density at radius 2 is 2.13 bits per heavy atom. The van der Waals surface area contributed by atoms with Crippen molar-refractivity contribution in [3.63, 3.8) is 0 Å². The van der Waals surface area contributed by atoms with E-state index in [2.05, 4.69) is 18.8 Å². The van der Waals surface area contributed by atoms with Gasteiger partial charge in [0.25, 0.3) is 0 Å². The highest BCUT2D eigenvalue weighted by Crippen LogP contribution is 2.16. The molecule has 0 radical (unpaired) electrons. The van der Waals surface area contributed by atoms with Gasteiger partial charge in [-0.1, -0.05) is 20.8 Å². The van der Waals surface area contributed by atoms with Crippen LogP contribution in [0.25, 0.3) is 0 Å². The molecule has 15 heavy (non-hydrogen) atoms. The van der Waals surface area contributed by atoms with E-state index in [0.717, 1.165) is 17.1 Å². The summed E-state index contributed by atoms with van der Waals surface area (Å²) < 4.78 is 0. The third-order valence-electron chi connectivity index (χ3n) is 2.12. The fraction of sp³-hybridized carbons (Fsp3) is 0.636. The lowest BCUT2D eigenvalue weighted by Crippen LogP contribution is -2.12. The van der Waals surface area contributed by atoms with Crippen LogP contribution in [0.15, 0.2) is 5.38 Å². The van der Waals surface area contributed by atoms with Gasteiger partial charge in [-0.25, -0.2) is 4.98 Å². The lowest BCUT2D eigenvalue weighted by atomic mass is 10.1. The van der Waals surface area contributed by atoms with Crippen LogP contribution in [-0.2, 0) is 17.6 Å². The van der Waals surface area contributed by atoms with E-state index >= 15 is 0 Å². The molecule has 3 nitrogen and oxygen atoms in total. The SMILES string of the molecule is CC(C)Cc1nc(CC(C)C(=O)O)cs1. The van der Waals surface area contributed by atoms with Crippen molar-refractivity contribution in [3.8, 4) is 0 Å². The van der Waals surface area contributed by atoms with Gasteiger partial charge in [-0.3, -0.25) is 4.79 Å². The predicted octanol–water partition coefficient (Wildman–Crippen LogP) is 2.60. The van der Waals surface area contributed by atoms with Crippen molar-refractivity contribution in [2.75, 3.05) is 0 Å². The first kappa shape index (κ1) is 12.2. The summed E-state index contributed by atoms with van der Waals surface area (Å²) in [5.41, 5.74) is 0.908. The van der Waals surface area contributed by atoms with Crippen molar-refractivity contribution >= 4 is 17.3 Å². The zero-order valence-corrected chi connectivity index (χ0v) is 10.2. The van der Waals surface area contributed by atoms with Crippen molar-refractivity contribution < 1.29 is 9.90 Å². The zero-order chi connectivity index (χ0) is 11.4. The van der Waals surface area contributed by atoms with E-state index in [4.69, 9.17) is 5.11 Å². The average Bonchev–Trinajstić information content (AvgIpc) is 2.51. The van der Waals surface area contributed by atoms with Crippen molar-refractivity contribution in [3.05, 3.63) is 16.1 Å². The standard InChI is InChI=1S/C11H17NO2S/c1-7(2)4-10-12-9(6-15-10)5-8(3)11(13)14/h6-8H,4-5H2,1-3H3,(H,13,14). The van der Waals surface area contributed by atoms with E-state index in [-0.39, 0.29) is 5.92 Å². The number of hydrogen-bond donors (Lipinski definition) is 1. The van der Waals surface area contributed by atoms with E-state index in [1.54, 1.807) is 18.3 Å². The Morgan fingerprint density at radius 3 is 2.67 bits per heavy atom. The van der Waals surface area contributed by atoms with Crippen molar-refractivity contribution in [1.82, 2.24) is 4.98 Å². The van der Waals surface area contributed by atoms with Gasteiger partial charge >= 0.3 is 5.97 Å². The van der Waals surface area contributed by atoms with Gasteiger partial charge in [0.05, 0.1) is 16.6 Å². The number of rotatable bonds is 5. The number of carboxylic acid groups (broad SMARTS) is 1. The summed E-state index contributed by atoms with van der Waals surface area (Å²) in [6.07, 6.45) is 1.51. The molecule has 1 aromatic rings. The van der Waals surface area contributed by atoms with E-state index < -0.39 is 5.97 Å². The molecule has 0 bridgehead atoms. The van der Waals surface area contributed by atoms with Gasteiger partial charge in [-0.2, -0.15) is 0 Å². The molecule has 0 aliphatic carbocycles. The number of carboxylic acids is 1. The Bertz CT molecular complexity index is 333. The molecule has 0 saturated heterocycles. The summed E-state index contributed by atoms with van der Waals surface area (Å²) in [7, 11) is 0. The fourth-order valence-corrected chi connectivity index (χ4v) is 2.31. The topological polar surface area (TPSA) is 50.2 Å². The first-order chi connectivity index (χ1) is 6.99. The van der Waals surface area contributed by atoms with Crippen LogP contribution in [0.3, 0.4) is 0 Å². The van der Waals surface area contributed by atoms with Gasteiger partial charge in [-0.15, -0.1) is 11.3 Å². The van der Waals surface area contributed by atoms with E-state index in [9.17, 15) is 4.79 Å². The summed E-state index contributed by atoms with van der Waals surface area (Å²) in [5, 5.41) is 11.8. The molecule has 0 amide bonds. The average molecular weight is 227 g/mol. The van der Waals surface area contributed by atoms with Crippen LogP contribution in [0.4, 0.5) is 0 Å². The summed E-state index contributed by atoms with van der Waals surface area (Å²) >= 11 is 1.63. The lowest BCUT2D eigenvalue weighted by Gasteiger charge is -2.02. The second-order valence-corrected chi connectivity index (χ2v) is 5.22.